The Hall–Kier alpha value is -3.13. The number of nitrogens with zero attached hydrogens (tertiary/aromatic N) is 3. The summed E-state index contributed by atoms with van der Waals surface area (Å²) in [5, 5.41) is 21.6. The van der Waals surface area contributed by atoms with E-state index in [1.807, 2.05) is 6.07 Å². The number of carbonyl (C=O) groups excluding carboxylic acids is 2. The van der Waals surface area contributed by atoms with E-state index in [4.69, 9.17) is 5.26 Å². The molecule has 2 rings (SSSR count). The molecule has 0 spiro atoms. The number of hydrogen-bond acceptors (Lipinski definition) is 6. The number of rotatable bonds is 3. The van der Waals surface area contributed by atoms with E-state index in [0.717, 1.165) is 16.1 Å². The van der Waals surface area contributed by atoms with Gasteiger partial charge in [0.25, 0.3) is 0 Å². The van der Waals surface area contributed by atoms with Crippen molar-refractivity contribution in [2.24, 2.45) is 0 Å². The zero-order valence-electron chi connectivity index (χ0n) is 17.3. The Balaban J connectivity index is 2.73. The third kappa shape index (κ3) is 4.71. The van der Waals surface area contributed by atoms with E-state index in [-0.39, 0.29) is 16.9 Å². The highest BCUT2D eigenvalue weighted by atomic mass is 32.2. The Morgan fingerprint density at radius 1 is 1.33 bits per heavy atom. The molecule has 1 aromatic rings. The van der Waals surface area contributed by atoms with E-state index in [2.05, 4.69) is 5.32 Å². The smallest absolute Gasteiger partial charge is 0.408 e. The highest BCUT2D eigenvalue weighted by Crippen LogP contribution is 2.35. The predicted molar refractivity (Wildman–Crippen MR) is 110 cm³/mol. The van der Waals surface area contributed by atoms with Gasteiger partial charge in [0.15, 0.2) is 9.84 Å². The first-order valence-corrected chi connectivity index (χ1v) is 11.1. The number of sulfone groups is 1. The highest BCUT2D eigenvalue weighted by molar-refractivity contribution is 7.91. The summed E-state index contributed by atoms with van der Waals surface area (Å²) in [4.78, 5) is 40.1. The number of nitriles is 1. The molecule has 11 heteroatoms. The van der Waals surface area contributed by atoms with Crippen LogP contribution in [0.1, 0.15) is 33.3 Å². The molecule has 0 aromatic heterocycles. The molecular formula is C19H24N4O6S. The van der Waals surface area contributed by atoms with Crippen LogP contribution in [-0.4, -0.2) is 66.0 Å². The minimum atomic E-state index is -3.70. The quantitative estimate of drug-likeness (QED) is 0.728. The second-order valence-electron chi connectivity index (χ2n) is 8.18. The fraction of sp³-hybridized carbons (Fsp3) is 0.474. The Morgan fingerprint density at radius 3 is 2.40 bits per heavy atom. The van der Waals surface area contributed by atoms with Crippen molar-refractivity contribution in [2.75, 3.05) is 22.2 Å². The maximum atomic E-state index is 13.1. The lowest BCUT2D eigenvalue weighted by atomic mass is 9.98. The van der Waals surface area contributed by atoms with Gasteiger partial charge in [0.05, 0.1) is 29.0 Å². The average molecular weight is 436 g/mol. The number of amides is 3. The summed E-state index contributed by atoms with van der Waals surface area (Å²) < 4.78 is 23.5. The van der Waals surface area contributed by atoms with Crippen LogP contribution in [0.25, 0.3) is 0 Å². The van der Waals surface area contributed by atoms with Crippen LogP contribution in [0.2, 0.25) is 0 Å². The molecule has 0 aliphatic carbocycles. The summed E-state index contributed by atoms with van der Waals surface area (Å²) in [6.07, 6.45) is -0.458. The van der Waals surface area contributed by atoms with Crippen LogP contribution in [0.15, 0.2) is 18.2 Å². The summed E-state index contributed by atoms with van der Waals surface area (Å²) in [5.74, 6) is -2.32. The lowest BCUT2D eigenvalue weighted by Gasteiger charge is -2.42. The molecule has 10 nitrogen and oxygen atoms in total. The first-order chi connectivity index (χ1) is 13.7. The second kappa shape index (κ2) is 7.95. The zero-order valence-corrected chi connectivity index (χ0v) is 18.1. The minimum Gasteiger partial charge on any atom is -0.465 e. The van der Waals surface area contributed by atoms with Crippen LogP contribution in [0.5, 0.6) is 0 Å². The molecule has 3 amide bonds. The molecule has 162 valence electrons. The van der Waals surface area contributed by atoms with Crippen molar-refractivity contribution in [3.8, 4) is 6.07 Å². The highest BCUT2D eigenvalue weighted by Gasteiger charge is 2.46. The number of nitrogens with one attached hydrogen (secondary N) is 1. The maximum Gasteiger partial charge on any atom is 0.408 e. The SMILES string of the molecule is C[C@H]1[C@H](N(C(=O)O)C(C)(C)C)C(=O)Nc2cc(C#N)ccc2N1C(=O)CS(C)(=O)=O. The molecule has 0 fully saturated rings. The number of carboxylic acid groups (broad SMARTS) is 1. The first-order valence-electron chi connectivity index (χ1n) is 9.04. The van der Waals surface area contributed by atoms with Gasteiger partial charge in [-0.1, -0.05) is 0 Å². The summed E-state index contributed by atoms with van der Waals surface area (Å²) in [6, 6.07) is 3.78. The zero-order chi connectivity index (χ0) is 23.0. The fourth-order valence-corrected chi connectivity index (χ4v) is 4.10. The lowest BCUT2D eigenvalue weighted by molar-refractivity contribution is -0.123. The van der Waals surface area contributed by atoms with Crippen molar-refractivity contribution < 1.29 is 27.9 Å². The predicted octanol–water partition coefficient (Wildman–Crippen LogP) is 1.42. The molecule has 0 bridgehead atoms. The van der Waals surface area contributed by atoms with Crippen molar-refractivity contribution in [2.45, 2.75) is 45.3 Å². The monoisotopic (exact) mass is 436 g/mol. The molecule has 0 saturated carbocycles. The van der Waals surface area contributed by atoms with Crippen LogP contribution < -0.4 is 10.2 Å². The Bertz CT molecular complexity index is 1040. The molecule has 2 atom stereocenters. The Labute approximate surface area is 175 Å². The standard InChI is InChI=1S/C19H24N4O6S/c1-11-16(23(18(26)27)19(2,3)4)17(25)21-13-8-12(9-20)6-7-14(13)22(11)15(24)10-30(5,28)29/h6-8,11,16H,10H2,1-5H3,(H,21,25)(H,26,27)/t11-,16-/m0/s1. The van der Waals surface area contributed by atoms with Crippen molar-refractivity contribution in [1.82, 2.24) is 4.90 Å². The van der Waals surface area contributed by atoms with E-state index in [9.17, 15) is 27.9 Å². The summed E-state index contributed by atoms with van der Waals surface area (Å²) in [6.45, 7) is 6.31. The van der Waals surface area contributed by atoms with Gasteiger partial charge in [0.2, 0.25) is 11.8 Å². The molecule has 1 aliphatic rings. The number of carbonyl (C=O) groups is 3. The number of anilines is 2. The molecular weight excluding hydrogens is 412 g/mol. The number of benzene rings is 1. The molecule has 2 N–H and O–H groups in total. The van der Waals surface area contributed by atoms with Crippen LogP contribution in [0.3, 0.4) is 0 Å². The van der Waals surface area contributed by atoms with Gasteiger partial charge in [-0.2, -0.15) is 5.26 Å². The summed E-state index contributed by atoms with van der Waals surface area (Å²) >= 11 is 0. The molecule has 30 heavy (non-hydrogen) atoms. The van der Waals surface area contributed by atoms with Crippen molar-refractivity contribution in [1.29, 1.82) is 5.26 Å². The topological polar surface area (TPSA) is 148 Å². The maximum absolute atomic E-state index is 13.1. The third-order valence-corrected chi connectivity index (χ3v) is 5.41. The summed E-state index contributed by atoms with van der Waals surface area (Å²) in [7, 11) is -3.70. The van der Waals surface area contributed by atoms with Gasteiger partial charge < -0.3 is 15.3 Å². The molecule has 1 heterocycles. The van der Waals surface area contributed by atoms with E-state index >= 15 is 0 Å². The van der Waals surface area contributed by atoms with E-state index in [1.54, 1.807) is 20.8 Å². The normalized spacial score (nSPS) is 19.2. The van der Waals surface area contributed by atoms with Gasteiger partial charge in [0, 0.05) is 11.8 Å². The van der Waals surface area contributed by atoms with Crippen molar-refractivity contribution in [3.05, 3.63) is 23.8 Å². The Kier molecular flexibility index (Phi) is 6.13. The van der Waals surface area contributed by atoms with Gasteiger partial charge in [-0.05, 0) is 45.9 Å². The van der Waals surface area contributed by atoms with Crippen LogP contribution in [0.4, 0.5) is 16.2 Å². The van der Waals surface area contributed by atoms with Crippen molar-refractivity contribution >= 4 is 39.1 Å². The number of hydrogen-bond donors (Lipinski definition) is 2. The largest absolute Gasteiger partial charge is 0.465 e. The van der Waals surface area contributed by atoms with Gasteiger partial charge in [-0.25, -0.2) is 13.2 Å². The number of fused-ring (bicyclic) bond motifs is 1. The van der Waals surface area contributed by atoms with Crippen molar-refractivity contribution in [3.63, 3.8) is 0 Å². The molecule has 1 aromatic carbocycles. The minimum absolute atomic E-state index is 0.120. The van der Waals surface area contributed by atoms with Gasteiger partial charge in [0.1, 0.15) is 11.8 Å². The average Bonchev–Trinajstić information content (AvgIpc) is 2.66. The molecule has 1 aliphatic heterocycles. The fourth-order valence-electron chi connectivity index (χ4n) is 3.51. The summed E-state index contributed by atoms with van der Waals surface area (Å²) in [5.41, 5.74) is -0.483. The molecule has 0 saturated heterocycles. The van der Waals surface area contributed by atoms with E-state index in [1.165, 1.54) is 25.1 Å². The van der Waals surface area contributed by atoms with Crippen LogP contribution >= 0.6 is 0 Å². The molecule has 0 unspecified atom stereocenters. The van der Waals surface area contributed by atoms with Crippen LogP contribution in [0, 0.1) is 11.3 Å². The van der Waals surface area contributed by atoms with Gasteiger partial charge in [-0.15, -0.1) is 0 Å². The van der Waals surface area contributed by atoms with E-state index in [0.29, 0.717) is 0 Å². The Morgan fingerprint density at radius 2 is 1.93 bits per heavy atom. The van der Waals surface area contributed by atoms with Gasteiger partial charge in [-0.3, -0.25) is 14.5 Å². The third-order valence-electron chi connectivity index (χ3n) is 4.64. The molecule has 0 radical (unpaired) electrons. The van der Waals surface area contributed by atoms with E-state index < -0.39 is 51.1 Å². The van der Waals surface area contributed by atoms with Crippen LogP contribution in [-0.2, 0) is 19.4 Å². The van der Waals surface area contributed by atoms with Gasteiger partial charge >= 0.3 is 6.09 Å². The lowest BCUT2D eigenvalue weighted by Crippen LogP contribution is -2.63. The second-order valence-corrected chi connectivity index (χ2v) is 10.3. The first kappa shape index (κ1) is 23.2.